The molecule has 2 aromatic rings. The highest BCUT2D eigenvalue weighted by atomic mass is 16.2. The Kier molecular flexibility index (Phi) is 5.30. The number of amides is 1. The third-order valence-corrected chi connectivity index (χ3v) is 6.30. The van der Waals surface area contributed by atoms with Crippen molar-refractivity contribution in [1.29, 1.82) is 0 Å². The van der Waals surface area contributed by atoms with Crippen molar-refractivity contribution in [2.75, 3.05) is 18.0 Å². The van der Waals surface area contributed by atoms with Crippen molar-refractivity contribution in [3.8, 4) is 0 Å². The van der Waals surface area contributed by atoms with Crippen LogP contribution in [0.25, 0.3) is 0 Å². The van der Waals surface area contributed by atoms with E-state index in [0.717, 1.165) is 36.7 Å². The highest BCUT2D eigenvalue weighted by Gasteiger charge is 2.29. The van der Waals surface area contributed by atoms with Crippen LogP contribution in [0.1, 0.15) is 42.7 Å². The van der Waals surface area contributed by atoms with Crippen LogP contribution in [0.15, 0.2) is 40.1 Å². The molecule has 0 radical (unpaired) electrons. The lowest BCUT2D eigenvalue weighted by Gasteiger charge is -2.34. The van der Waals surface area contributed by atoms with Gasteiger partial charge < -0.3 is 14.8 Å². The Morgan fingerprint density at radius 2 is 1.79 bits per heavy atom. The van der Waals surface area contributed by atoms with Gasteiger partial charge in [0.2, 0.25) is 5.91 Å². The first-order valence-corrected chi connectivity index (χ1v) is 10.4. The van der Waals surface area contributed by atoms with Gasteiger partial charge in [-0.25, -0.2) is 4.79 Å². The number of nitrogens with zero attached hydrogens (tertiary/aromatic N) is 3. The van der Waals surface area contributed by atoms with Crippen LogP contribution < -0.4 is 21.5 Å². The predicted molar refractivity (Wildman–Crippen MR) is 112 cm³/mol. The topological polar surface area (TPSA) is 76.3 Å². The predicted octanol–water partition coefficient (Wildman–Crippen LogP) is 1.29. The van der Waals surface area contributed by atoms with E-state index >= 15 is 0 Å². The summed E-state index contributed by atoms with van der Waals surface area (Å²) in [6.07, 6.45) is 6.17. The third-order valence-electron chi connectivity index (χ3n) is 6.30. The molecule has 0 saturated carbocycles. The number of rotatable bonds is 3. The molecule has 4 rings (SSSR count). The molecule has 1 saturated heterocycles. The summed E-state index contributed by atoms with van der Waals surface area (Å²) >= 11 is 0. The number of hydrogen-bond donors (Lipinski definition) is 1. The summed E-state index contributed by atoms with van der Waals surface area (Å²) in [6.45, 7) is 1.36. The minimum absolute atomic E-state index is 0.0612. The molecule has 1 atom stereocenters. The Bertz CT molecular complexity index is 1030. The van der Waals surface area contributed by atoms with Crippen molar-refractivity contribution in [1.82, 2.24) is 14.5 Å². The molecule has 1 N–H and O–H groups in total. The van der Waals surface area contributed by atoms with Crippen molar-refractivity contribution >= 4 is 11.6 Å². The Hall–Kier alpha value is -2.83. The van der Waals surface area contributed by atoms with Gasteiger partial charge in [-0.2, -0.15) is 0 Å². The van der Waals surface area contributed by atoms with Crippen LogP contribution in [-0.2, 0) is 25.3 Å². The second kappa shape index (κ2) is 7.89. The first-order chi connectivity index (χ1) is 14.0. The number of benzene rings is 1. The molecule has 1 unspecified atom stereocenters. The maximum Gasteiger partial charge on any atom is 0.330 e. The molecule has 1 aliphatic carbocycles. The van der Waals surface area contributed by atoms with Gasteiger partial charge in [0.1, 0.15) is 5.69 Å². The number of aromatic nitrogens is 2. The summed E-state index contributed by atoms with van der Waals surface area (Å²) in [5, 5.41) is 3.24. The normalized spacial score (nSPS) is 19.7. The minimum Gasteiger partial charge on any atom is -0.366 e. The fourth-order valence-corrected chi connectivity index (χ4v) is 4.60. The molecule has 0 bridgehead atoms. The second-order valence-corrected chi connectivity index (χ2v) is 8.19. The van der Waals surface area contributed by atoms with Crippen LogP contribution in [-0.4, -0.2) is 34.2 Å². The monoisotopic (exact) mass is 396 g/mol. The first-order valence-electron chi connectivity index (χ1n) is 10.4. The standard InChI is InChI=1S/C22H28N4O3/c1-24-14-19(21(28)25(2)22(24)29)26-12-10-16(11-13-26)23-20(27)18-9-5-7-15-6-3-4-8-17(15)18/h3-4,6,8,14,16,18H,5,7,9-13H2,1-2H3,(H,23,27). The lowest BCUT2D eigenvalue weighted by molar-refractivity contribution is -0.123. The highest BCUT2D eigenvalue weighted by Crippen LogP contribution is 2.32. The number of anilines is 1. The van der Waals surface area contributed by atoms with Gasteiger partial charge in [-0.3, -0.25) is 14.2 Å². The second-order valence-electron chi connectivity index (χ2n) is 8.19. The fraction of sp³-hybridized carbons (Fsp3) is 0.500. The van der Waals surface area contributed by atoms with E-state index in [2.05, 4.69) is 17.4 Å². The first kappa shape index (κ1) is 19.5. The molecule has 154 valence electrons. The van der Waals surface area contributed by atoms with Crippen LogP contribution in [0.5, 0.6) is 0 Å². The Labute approximate surface area is 170 Å². The van der Waals surface area contributed by atoms with Gasteiger partial charge >= 0.3 is 5.69 Å². The summed E-state index contributed by atoms with van der Waals surface area (Å²) in [7, 11) is 3.16. The number of piperidine rings is 1. The maximum atomic E-state index is 12.9. The molecule has 7 heteroatoms. The van der Waals surface area contributed by atoms with Crippen LogP contribution in [0.3, 0.4) is 0 Å². The molecular formula is C22H28N4O3. The Morgan fingerprint density at radius 3 is 2.55 bits per heavy atom. The van der Waals surface area contributed by atoms with Crippen LogP contribution in [0, 0.1) is 0 Å². The lowest BCUT2D eigenvalue weighted by atomic mass is 9.82. The molecule has 2 aliphatic rings. The number of hydrogen-bond acceptors (Lipinski definition) is 4. The van der Waals surface area contributed by atoms with E-state index in [1.54, 1.807) is 13.2 Å². The Balaban J connectivity index is 1.41. The van der Waals surface area contributed by atoms with Crippen molar-refractivity contribution in [2.45, 2.75) is 44.1 Å². The van der Waals surface area contributed by atoms with Gasteiger partial charge in [-0.05, 0) is 43.2 Å². The lowest BCUT2D eigenvalue weighted by Crippen LogP contribution is -2.48. The van der Waals surface area contributed by atoms with Gasteiger partial charge in [0, 0.05) is 39.4 Å². The number of carbonyl (C=O) groups is 1. The summed E-state index contributed by atoms with van der Waals surface area (Å²) in [5.41, 5.74) is 2.41. The summed E-state index contributed by atoms with van der Waals surface area (Å²) in [6, 6.07) is 8.37. The van der Waals surface area contributed by atoms with E-state index in [1.807, 2.05) is 17.0 Å². The zero-order valence-electron chi connectivity index (χ0n) is 17.1. The van der Waals surface area contributed by atoms with E-state index in [0.29, 0.717) is 18.8 Å². The SMILES string of the molecule is Cn1cc(N2CCC(NC(=O)C3CCCc4ccccc43)CC2)c(=O)n(C)c1=O. The molecular weight excluding hydrogens is 368 g/mol. The van der Waals surface area contributed by atoms with E-state index in [-0.39, 0.29) is 29.1 Å². The van der Waals surface area contributed by atoms with E-state index < -0.39 is 0 Å². The third kappa shape index (κ3) is 3.73. The van der Waals surface area contributed by atoms with Crippen molar-refractivity contribution in [3.63, 3.8) is 0 Å². The van der Waals surface area contributed by atoms with Crippen molar-refractivity contribution in [3.05, 3.63) is 62.4 Å². The van der Waals surface area contributed by atoms with E-state index in [4.69, 9.17) is 0 Å². The fourth-order valence-electron chi connectivity index (χ4n) is 4.60. The largest absolute Gasteiger partial charge is 0.366 e. The molecule has 7 nitrogen and oxygen atoms in total. The average molecular weight is 396 g/mol. The van der Waals surface area contributed by atoms with Crippen molar-refractivity contribution < 1.29 is 4.79 Å². The van der Waals surface area contributed by atoms with Gasteiger partial charge in [0.15, 0.2) is 0 Å². The quantitative estimate of drug-likeness (QED) is 0.848. The number of carbonyl (C=O) groups excluding carboxylic acids is 1. The molecule has 0 spiro atoms. The molecule has 1 aromatic heterocycles. The molecule has 1 amide bonds. The van der Waals surface area contributed by atoms with Crippen LogP contribution in [0.4, 0.5) is 5.69 Å². The molecule has 1 aromatic carbocycles. The smallest absolute Gasteiger partial charge is 0.330 e. The zero-order valence-corrected chi connectivity index (χ0v) is 17.1. The number of aryl methyl sites for hydroxylation is 2. The number of nitrogens with one attached hydrogen (secondary N) is 1. The van der Waals surface area contributed by atoms with Crippen LogP contribution >= 0.6 is 0 Å². The van der Waals surface area contributed by atoms with Gasteiger partial charge in [0.25, 0.3) is 5.56 Å². The molecule has 2 heterocycles. The van der Waals surface area contributed by atoms with Crippen molar-refractivity contribution in [2.24, 2.45) is 14.1 Å². The Morgan fingerprint density at radius 1 is 1.07 bits per heavy atom. The maximum absolute atomic E-state index is 12.9. The van der Waals surface area contributed by atoms with E-state index in [9.17, 15) is 14.4 Å². The highest BCUT2D eigenvalue weighted by molar-refractivity contribution is 5.84. The molecule has 1 fully saturated rings. The summed E-state index contributed by atoms with van der Waals surface area (Å²) in [5.74, 6) is 0.0579. The van der Waals surface area contributed by atoms with Gasteiger partial charge in [-0.15, -0.1) is 0 Å². The van der Waals surface area contributed by atoms with E-state index in [1.165, 1.54) is 22.7 Å². The zero-order chi connectivity index (χ0) is 20.5. The van der Waals surface area contributed by atoms with Gasteiger partial charge in [-0.1, -0.05) is 24.3 Å². The minimum atomic E-state index is -0.325. The molecule has 29 heavy (non-hydrogen) atoms. The average Bonchev–Trinajstić information content (AvgIpc) is 2.75. The summed E-state index contributed by atoms with van der Waals surface area (Å²) < 4.78 is 2.58. The van der Waals surface area contributed by atoms with Gasteiger partial charge in [0.05, 0.1) is 5.92 Å². The van der Waals surface area contributed by atoms with Crippen LogP contribution in [0.2, 0.25) is 0 Å². The molecule has 1 aliphatic heterocycles. The summed E-state index contributed by atoms with van der Waals surface area (Å²) in [4.78, 5) is 39.3. The number of fused-ring (bicyclic) bond motifs is 1.